The Labute approximate surface area is 194 Å². The van der Waals surface area contributed by atoms with E-state index in [9.17, 15) is 9.59 Å². The third-order valence-corrected chi connectivity index (χ3v) is 7.32. The first-order valence-electron chi connectivity index (χ1n) is 9.45. The summed E-state index contributed by atoms with van der Waals surface area (Å²) in [4.78, 5) is 31.3. The van der Waals surface area contributed by atoms with Crippen LogP contribution in [0.25, 0.3) is 0 Å². The van der Waals surface area contributed by atoms with Gasteiger partial charge in [0.1, 0.15) is 5.71 Å². The van der Waals surface area contributed by atoms with Crippen molar-refractivity contribution in [3.63, 3.8) is 0 Å². The van der Waals surface area contributed by atoms with Gasteiger partial charge in [-0.1, -0.05) is 46.9 Å². The van der Waals surface area contributed by atoms with Crippen molar-refractivity contribution in [1.82, 2.24) is 5.32 Å². The molecule has 1 amide bonds. The maximum Gasteiger partial charge on any atom is 0.262 e. The predicted octanol–water partition coefficient (Wildman–Crippen LogP) is 6.16. The topological polar surface area (TPSA) is 67.8 Å². The van der Waals surface area contributed by atoms with Gasteiger partial charge in [0.2, 0.25) is 0 Å². The van der Waals surface area contributed by atoms with Crippen molar-refractivity contribution >= 4 is 63.5 Å². The summed E-state index contributed by atoms with van der Waals surface area (Å²) in [6.45, 7) is 5.73. The lowest BCUT2D eigenvalue weighted by Crippen LogP contribution is -2.29. The number of carbonyl (C=O) groups is 2. The number of oxime groups is 1. The van der Waals surface area contributed by atoms with E-state index in [1.54, 1.807) is 12.1 Å². The molecule has 0 unspecified atom stereocenters. The molecule has 0 aliphatic carbocycles. The Morgan fingerprint density at radius 1 is 1.23 bits per heavy atom. The number of amides is 1. The molecule has 0 spiro atoms. The smallest absolute Gasteiger partial charge is 0.262 e. The Morgan fingerprint density at radius 3 is 2.53 bits per heavy atom. The van der Waals surface area contributed by atoms with Crippen molar-refractivity contribution in [2.45, 2.75) is 45.6 Å². The first kappa shape index (κ1) is 23.1. The maximum atomic E-state index is 12.5. The molecule has 1 aliphatic heterocycles. The van der Waals surface area contributed by atoms with Crippen LogP contribution < -0.4 is 5.32 Å². The average molecular weight is 488 g/mol. The van der Waals surface area contributed by atoms with Gasteiger partial charge in [-0.3, -0.25) is 9.59 Å². The van der Waals surface area contributed by atoms with E-state index in [0.29, 0.717) is 32.8 Å². The van der Waals surface area contributed by atoms with E-state index in [1.807, 2.05) is 26.8 Å². The summed E-state index contributed by atoms with van der Waals surface area (Å²) >= 11 is 19.7. The zero-order chi connectivity index (χ0) is 22.1. The summed E-state index contributed by atoms with van der Waals surface area (Å²) in [6, 6.07) is 5.35. The number of nitrogens with one attached hydrogen (secondary N) is 1. The molecule has 0 radical (unpaired) electrons. The van der Waals surface area contributed by atoms with Crippen LogP contribution in [-0.2, 0) is 15.2 Å². The van der Waals surface area contributed by atoms with E-state index < -0.39 is 5.60 Å². The second-order valence-corrected chi connectivity index (χ2v) is 9.63. The Hall–Kier alpha value is -1.60. The van der Waals surface area contributed by atoms with Crippen LogP contribution in [0.15, 0.2) is 23.4 Å². The fourth-order valence-corrected chi connectivity index (χ4v) is 4.83. The normalized spacial score (nSPS) is 18.1. The molecular weight excluding hydrogens is 467 g/mol. The van der Waals surface area contributed by atoms with Crippen molar-refractivity contribution in [3.8, 4) is 0 Å². The van der Waals surface area contributed by atoms with Crippen LogP contribution in [-0.4, -0.2) is 23.9 Å². The standard InChI is InChI=1S/C21H21Cl3N2O3S/c1-4-5-13(27)10-25-20(28)19-11(2)6-17(30-19)16-9-21(3,29-26-16)12-7-14(22)18(24)15(23)8-12/h6-8H,4-5,9-10H2,1-3H3,(H,25,28)/t21-/m0/s1. The lowest BCUT2D eigenvalue weighted by molar-refractivity contribution is -0.118. The van der Waals surface area contributed by atoms with Crippen molar-refractivity contribution in [3.05, 3.63) is 54.1 Å². The minimum absolute atomic E-state index is 0.0184. The molecule has 1 aliphatic rings. The van der Waals surface area contributed by atoms with Crippen LogP contribution in [0.2, 0.25) is 15.1 Å². The van der Waals surface area contributed by atoms with Gasteiger partial charge < -0.3 is 10.2 Å². The molecule has 2 aromatic rings. The van der Waals surface area contributed by atoms with E-state index in [2.05, 4.69) is 10.5 Å². The molecule has 1 atom stereocenters. The molecule has 0 bridgehead atoms. The van der Waals surface area contributed by atoms with Crippen molar-refractivity contribution in [1.29, 1.82) is 0 Å². The number of benzene rings is 1. The average Bonchev–Trinajstić information content (AvgIpc) is 3.28. The van der Waals surface area contributed by atoms with Gasteiger partial charge in [0.25, 0.3) is 5.91 Å². The lowest BCUT2D eigenvalue weighted by Gasteiger charge is -2.22. The summed E-state index contributed by atoms with van der Waals surface area (Å²) in [7, 11) is 0. The van der Waals surface area contributed by atoms with Gasteiger partial charge in [-0.2, -0.15) is 0 Å². The van der Waals surface area contributed by atoms with Crippen LogP contribution in [0.4, 0.5) is 0 Å². The Kier molecular flexibility index (Phi) is 7.13. The number of rotatable bonds is 7. The molecule has 30 heavy (non-hydrogen) atoms. The van der Waals surface area contributed by atoms with Crippen molar-refractivity contribution < 1.29 is 14.4 Å². The monoisotopic (exact) mass is 486 g/mol. The van der Waals surface area contributed by atoms with E-state index in [1.165, 1.54) is 11.3 Å². The van der Waals surface area contributed by atoms with Gasteiger partial charge in [0, 0.05) is 18.4 Å². The minimum atomic E-state index is -0.750. The highest BCUT2D eigenvalue weighted by atomic mass is 35.5. The number of nitrogens with zero attached hydrogens (tertiary/aromatic N) is 1. The quantitative estimate of drug-likeness (QED) is 0.476. The summed E-state index contributed by atoms with van der Waals surface area (Å²) in [6.07, 6.45) is 1.71. The molecule has 3 rings (SSSR count). The Morgan fingerprint density at radius 2 is 1.90 bits per heavy atom. The number of ketones is 1. The highest BCUT2D eigenvalue weighted by Gasteiger charge is 2.38. The molecule has 160 valence electrons. The zero-order valence-electron chi connectivity index (χ0n) is 16.8. The molecule has 0 saturated carbocycles. The molecular formula is C21H21Cl3N2O3S. The molecule has 0 saturated heterocycles. The largest absolute Gasteiger partial charge is 0.384 e. The van der Waals surface area contributed by atoms with E-state index >= 15 is 0 Å². The molecule has 9 heteroatoms. The third kappa shape index (κ3) is 4.83. The number of thiophene rings is 1. The lowest BCUT2D eigenvalue weighted by atomic mass is 9.90. The van der Waals surface area contributed by atoms with Crippen LogP contribution in [0.3, 0.4) is 0 Å². The maximum absolute atomic E-state index is 12.5. The fourth-order valence-electron chi connectivity index (χ4n) is 3.16. The summed E-state index contributed by atoms with van der Waals surface area (Å²) < 4.78 is 0. The first-order chi connectivity index (χ1) is 14.1. The highest BCUT2D eigenvalue weighted by molar-refractivity contribution is 7.16. The summed E-state index contributed by atoms with van der Waals surface area (Å²) in [5.41, 5.74) is 1.57. The molecule has 1 N–H and O–H groups in total. The number of Topliss-reactive ketones (excluding diaryl/α,β-unsaturated/α-hetero) is 1. The SMILES string of the molecule is CCCC(=O)CNC(=O)c1sc(C2=NO[C@](C)(c3cc(Cl)c(Cl)c(Cl)c3)C2)cc1C. The van der Waals surface area contributed by atoms with Gasteiger partial charge in [-0.25, -0.2) is 0 Å². The second kappa shape index (κ2) is 9.27. The zero-order valence-corrected chi connectivity index (χ0v) is 19.9. The number of hydrogen-bond donors (Lipinski definition) is 1. The summed E-state index contributed by atoms with van der Waals surface area (Å²) in [5, 5.41) is 7.94. The molecule has 1 aromatic heterocycles. The fraction of sp³-hybridized carbons (Fsp3) is 0.381. The Bertz CT molecular complexity index is 1010. The van der Waals surface area contributed by atoms with Gasteiger partial charge in [0.15, 0.2) is 11.4 Å². The summed E-state index contributed by atoms with van der Waals surface area (Å²) in [5.74, 6) is -0.239. The number of aryl methyl sites for hydroxylation is 1. The van der Waals surface area contributed by atoms with Gasteiger partial charge >= 0.3 is 0 Å². The third-order valence-electron chi connectivity index (χ3n) is 4.84. The number of hydrogen-bond acceptors (Lipinski definition) is 5. The van der Waals surface area contributed by atoms with Crippen LogP contribution >= 0.6 is 46.1 Å². The van der Waals surface area contributed by atoms with Gasteiger partial charge in [-0.15, -0.1) is 11.3 Å². The highest BCUT2D eigenvalue weighted by Crippen LogP contribution is 2.41. The molecule has 2 heterocycles. The van der Waals surface area contributed by atoms with E-state index in [-0.39, 0.29) is 18.2 Å². The van der Waals surface area contributed by atoms with Gasteiger partial charge in [-0.05, 0) is 44.0 Å². The first-order valence-corrected chi connectivity index (χ1v) is 11.4. The van der Waals surface area contributed by atoms with Crippen LogP contribution in [0, 0.1) is 6.92 Å². The van der Waals surface area contributed by atoms with Crippen molar-refractivity contribution in [2.24, 2.45) is 5.16 Å². The molecule has 5 nitrogen and oxygen atoms in total. The van der Waals surface area contributed by atoms with Gasteiger partial charge in [0.05, 0.1) is 31.4 Å². The van der Waals surface area contributed by atoms with E-state index in [4.69, 9.17) is 39.6 Å². The van der Waals surface area contributed by atoms with Crippen molar-refractivity contribution in [2.75, 3.05) is 6.54 Å². The minimum Gasteiger partial charge on any atom is -0.384 e. The second-order valence-electron chi connectivity index (χ2n) is 7.38. The Balaban J connectivity index is 1.75. The van der Waals surface area contributed by atoms with Crippen LogP contribution in [0.5, 0.6) is 0 Å². The predicted molar refractivity (Wildman–Crippen MR) is 122 cm³/mol. The van der Waals surface area contributed by atoms with Crippen LogP contribution in [0.1, 0.15) is 58.8 Å². The molecule has 0 fully saturated rings. The number of halogens is 3. The molecule has 1 aromatic carbocycles. The number of carbonyl (C=O) groups excluding carboxylic acids is 2. The van der Waals surface area contributed by atoms with E-state index in [0.717, 1.165) is 28.1 Å².